The van der Waals surface area contributed by atoms with Crippen LogP contribution >= 0.6 is 0 Å². The van der Waals surface area contributed by atoms with Crippen LogP contribution in [0.25, 0.3) is 0 Å². The second kappa shape index (κ2) is 10.5. The number of hydrogen-bond acceptors (Lipinski definition) is 5. The molecule has 3 aromatic rings. The van der Waals surface area contributed by atoms with E-state index in [1.54, 1.807) is 14.2 Å². The first-order valence-electron chi connectivity index (χ1n) is 11.3. The minimum absolute atomic E-state index is 0.0125. The van der Waals surface area contributed by atoms with E-state index in [1.807, 2.05) is 66.7 Å². The number of rotatable bonds is 7. The number of carbonyl (C=O) groups is 1. The van der Waals surface area contributed by atoms with Crippen molar-refractivity contribution in [3.63, 3.8) is 0 Å². The Bertz CT molecular complexity index is 1080. The zero-order chi connectivity index (χ0) is 23.2. The topological polar surface area (TPSA) is 54.9 Å². The zero-order valence-corrected chi connectivity index (χ0v) is 19.5. The Kier molecular flexibility index (Phi) is 7.25. The molecular formula is C27H31N3O3. The fourth-order valence-corrected chi connectivity index (χ4v) is 4.47. The molecule has 4 rings (SSSR count). The van der Waals surface area contributed by atoms with Crippen LogP contribution in [0.1, 0.15) is 34.3 Å². The molecule has 2 heterocycles. The van der Waals surface area contributed by atoms with E-state index in [9.17, 15) is 4.79 Å². The third kappa shape index (κ3) is 5.34. The van der Waals surface area contributed by atoms with Crippen LogP contribution < -0.4 is 14.4 Å². The normalized spacial score (nSPS) is 14.6. The van der Waals surface area contributed by atoms with Crippen molar-refractivity contribution >= 4 is 11.6 Å². The molecular weight excluding hydrogens is 414 g/mol. The fourth-order valence-electron chi connectivity index (χ4n) is 4.47. The first kappa shape index (κ1) is 22.8. The predicted octanol–water partition coefficient (Wildman–Crippen LogP) is 4.72. The molecule has 0 aliphatic carbocycles. The van der Waals surface area contributed by atoms with Gasteiger partial charge in [0.1, 0.15) is 0 Å². The summed E-state index contributed by atoms with van der Waals surface area (Å²) in [5, 5.41) is 0. The van der Waals surface area contributed by atoms with Crippen molar-refractivity contribution in [1.82, 2.24) is 9.88 Å². The van der Waals surface area contributed by atoms with Crippen molar-refractivity contribution in [2.75, 3.05) is 32.2 Å². The van der Waals surface area contributed by atoms with Crippen molar-refractivity contribution in [2.45, 2.75) is 32.4 Å². The van der Waals surface area contributed by atoms with Crippen molar-refractivity contribution < 1.29 is 14.3 Å². The molecule has 1 aliphatic heterocycles. The number of likely N-dealkylation sites (tertiary alicyclic amines) is 1. The van der Waals surface area contributed by atoms with Gasteiger partial charge < -0.3 is 14.4 Å². The van der Waals surface area contributed by atoms with Gasteiger partial charge in [-0.05, 0) is 61.7 Å². The fraction of sp³-hybridized carbons (Fsp3) is 0.333. The number of methoxy groups -OCH3 is 2. The molecule has 1 amide bonds. The van der Waals surface area contributed by atoms with E-state index in [-0.39, 0.29) is 11.9 Å². The SMILES string of the molecule is COc1ccc(N(C(=O)c2cccc(C)c2)C2CCN(Cc3ccncc3)CC2)cc1OC. The summed E-state index contributed by atoms with van der Waals surface area (Å²) in [6.07, 6.45) is 5.47. The van der Waals surface area contributed by atoms with Crippen LogP contribution in [0.15, 0.2) is 67.0 Å². The highest BCUT2D eigenvalue weighted by Gasteiger charge is 2.30. The quantitative estimate of drug-likeness (QED) is 0.527. The number of aryl methyl sites for hydroxylation is 1. The van der Waals surface area contributed by atoms with Gasteiger partial charge in [0.15, 0.2) is 11.5 Å². The largest absolute Gasteiger partial charge is 0.493 e. The number of carbonyl (C=O) groups excluding carboxylic acids is 1. The molecule has 1 aliphatic rings. The Morgan fingerprint density at radius 3 is 2.39 bits per heavy atom. The summed E-state index contributed by atoms with van der Waals surface area (Å²) in [4.78, 5) is 22.2. The molecule has 1 aromatic heterocycles. The lowest BCUT2D eigenvalue weighted by atomic mass is 9.99. The highest BCUT2D eigenvalue weighted by Crippen LogP contribution is 2.34. The van der Waals surface area contributed by atoms with E-state index < -0.39 is 0 Å². The van der Waals surface area contributed by atoms with Crippen LogP contribution in [-0.4, -0.2) is 49.1 Å². The molecule has 0 N–H and O–H groups in total. The highest BCUT2D eigenvalue weighted by atomic mass is 16.5. The summed E-state index contributed by atoms with van der Waals surface area (Å²) in [5.41, 5.74) is 3.85. The number of piperidine rings is 1. The van der Waals surface area contributed by atoms with Crippen molar-refractivity contribution in [1.29, 1.82) is 0 Å². The summed E-state index contributed by atoms with van der Waals surface area (Å²) >= 11 is 0. The van der Waals surface area contributed by atoms with E-state index in [2.05, 4.69) is 22.0 Å². The number of amides is 1. The smallest absolute Gasteiger partial charge is 0.258 e. The zero-order valence-electron chi connectivity index (χ0n) is 19.5. The van der Waals surface area contributed by atoms with Crippen LogP contribution in [0, 0.1) is 6.92 Å². The molecule has 6 nitrogen and oxygen atoms in total. The molecule has 0 atom stereocenters. The van der Waals surface area contributed by atoms with Crippen LogP contribution in [0.3, 0.4) is 0 Å². The monoisotopic (exact) mass is 445 g/mol. The summed E-state index contributed by atoms with van der Waals surface area (Å²) in [6.45, 7) is 4.77. The average molecular weight is 446 g/mol. The number of benzene rings is 2. The Hall–Kier alpha value is -3.38. The second-order valence-electron chi connectivity index (χ2n) is 8.45. The molecule has 172 valence electrons. The minimum Gasteiger partial charge on any atom is -0.493 e. The summed E-state index contributed by atoms with van der Waals surface area (Å²) in [6, 6.07) is 17.7. The molecule has 0 saturated carbocycles. The molecule has 0 spiro atoms. The van der Waals surface area contributed by atoms with Gasteiger partial charge in [0.05, 0.1) is 14.2 Å². The van der Waals surface area contributed by atoms with Crippen molar-refractivity contribution in [3.05, 3.63) is 83.7 Å². The van der Waals surface area contributed by atoms with Crippen LogP contribution in [0.2, 0.25) is 0 Å². The summed E-state index contributed by atoms with van der Waals surface area (Å²) in [7, 11) is 3.23. The molecule has 1 fully saturated rings. The second-order valence-corrected chi connectivity index (χ2v) is 8.45. The van der Waals surface area contributed by atoms with E-state index >= 15 is 0 Å². The van der Waals surface area contributed by atoms with E-state index in [0.29, 0.717) is 17.1 Å². The maximum Gasteiger partial charge on any atom is 0.258 e. The average Bonchev–Trinajstić information content (AvgIpc) is 2.85. The lowest BCUT2D eigenvalue weighted by Crippen LogP contribution is -2.47. The Balaban J connectivity index is 1.59. The number of aromatic nitrogens is 1. The van der Waals surface area contributed by atoms with Gasteiger partial charge in [-0.1, -0.05) is 17.7 Å². The standard InChI is InChI=1S/C27H31N3O3/c1-20-5-4-6-22(17-20)27(31)30(24-7-8-25(32-2)26(18-24)33-3)23-11-15-29(16-12-23)19-21-9-13-28-14-10-21/h4-10,13-14,17-18,23H,11-12,15-16,19H2,1-3H3. The van der Waals surface area contributed by atoms with Crippen LogP contribution in [-0.2, 0) is 6.54 Å². The Morgan fingerprint density at radius 2 is 1.73 bits per heavy atom. The molecule has 6 heteroatoms. The van der Waals surface area contributed by atoms with Gasteiger partial charge in [0.2, 0.25) is 0 Å². The maximum atomic E-state index is 13.8. The van der Waals surface area contributed by atoms with Crippen LogP contribution in [0.5, 0.6) is 11.5 Å². The van der Waals surface area contributed by atoms with Gasteiger partial charge >= 0.3 is 0 Å². The molecule has 2 aromatic carbocycles. The Labute approximate surface area is 195 Å². The number of ether oxygens (including phenoxy) is 2. The van der Waals surface area contributed by atoms with Gasteiger partial charge in [0.25, 0.3) is 5.91 Å². The van der Waals surface area contributed by atoms with E-state index in [0.717, 1.165) is 43.7 Å². The minimum atomic E-state index is 0.0125. The van der Waals surface area contributed by atoms with Crippen molar-refractivity contribution in [3.8, 4) is 11.5 Å². The maximum absolute atomic E-state index is 13.8. The van der Waals surface area contributed by atoms with Gasteiger partial charge in [0, 0.05) is 55.4 Å². The molecule has 33 heavy (non-hydrogen) atoms. The third-order valence-corrected chi connectivity index (χ3v) is 6.21. The van der Waals surface area contributed by atoms with Crippen molar-refractivity contribution in [2.24, 2.45) is 0 Å². The first-order chi connectivity index (χ1) is 16.1. The summed E-state index contributed by atoms with van der Waals surface area (Å²) < 4.78 is 10.9. The number of pyridine rings is 1. The lowest BCUT2D eigenvalue weighted by Gasteiger charge is -2.39. The number of anilines is 1. The molecule has 1 saturated heterocycles. The first-order valence-corrected chi connectivity index (χ1v) is 11.3. The summed E-state index contributed by atoms with van der Waals surface area (Å²) in [5.74, 6) is 1.28. The highest BCUT2D eigenvalue weighted by molar-refractivity contribution is 6.06. The lowest BCUT2D eigenvalue weighted by molar-refractivity contribution is 0.0958. The molecule has 0 bridgehead atoms. The van der Waals surface area contributed by atoms with Gasteiger partial charge in [-0.15, -0.1) is 0 Å². The van der Waals surface area contributed by atoms with Gasteiger partial charge in [-0.3, -0.25) is 14.7 Å². The third-order valence-electron chi connectivity index (χ3n) is 6.21. The molecule has 0 radical (unpaired) electrons. The van der Waals surface area contributed by atoms with Gasteiger partial charge in [-0.25, -0.2) is 0 Å². The van der Waals surface area contributed by atoms with Gasteiger partial charge in [-0.2, -0.15) is 0 Å². The number of hydrogen-bond donors (Lipinski definition) is 0. The van der Waals surface area contributed by atoms with Crippen LogP contribution in [0.4, 0.5) is 5.69 Å². The number of nitrogens with zero attached hydrogens (tertiary/aromatic N) is 3. The van der Waals surface area contributed by atoms with E-state index in [4.69, 9.17) is 9.47 Å². The Morgan fingerprint density at radius 1 is 1.00 bits per heavy atom. The predicted molar refractivity (Wildman–Crippen MR) is 130 cm³/mol. The molecule has 0 unspecified atom stereocenters. The van der Waals surface area contributed by atoms with E-state index in [1.165, 1.54) is 5.56 Å².